The van der Waals surface area contributed by atoms with Crippen molar-refractivity contribution < 1.29 is 12.6 Å². The summed E-state index contributed by atoms with van der Waals surface area (Å²) in [5.41, 5.74) is 6.75. The van der Waals surface area contributed by atoms with Crippen LogP contribution in [0.15, 0.2) is 24.3 Å². The van der Waals surface area contributed by atoms with Crippen molar-refractivity contribution in [3.8, 4) is 0 Å². The highest BCUT2D eigenvalue weighted by atomic mass is 32.2. The van der Waals surface area contributed by atoms with E-state index >= 15 is 0 Å². The van der Waals surface area contributed by atoms with Crippen LogP contribution < -0.4 is 10.5 Å². The van der Waals surface area contributed by atoms with Gasteiger partial charge in [-0.05, 0) is 24.6 Å². The predicted octanol–water partition coefficient (Wildman–Crippen LogP) is 0.455. The fourth-order valence-corrected chi connectivity index (χ4v) is 3.93. The van der Waals surface area contributed by atoms with Gasteiger partial charge in [-0.2, -0.15) is 0 Å². The van der Waals surface area contributed by atoms with Gasteiger partial charge in [0.25, 0.3) is 0 Å². The van der Waals surface area contributed by atoms with Crippen LogP contribution in [0.1, 0.15) is 12.5 Å². The average molecular weight is 290 g/mol. The van der Waals surface area contributed by atoms with Crippen molar-refractivity contribution in [2.75, 3.05) is 17.7 Å². The largest absolute Gasteiger partial charge is 0.399 e. The first-order chi connectivity index (χ1) is 8.28. The van der Waals surface area contributed by atoms with Gasteiger partial charge in [0.2, 0.25) is 10.0 Å². The third kappa shape index (κ3) is 5.61. The first kappa shape index (κ1) is 15.1. The Morgan fingerprint density at radius 2 is 2.11 bits per heavy atom. The van der Waals surface area contributed by atoms with E-state index in [9.17, 15) is 12.6 Å². The van der Waals surface area contributed by atoms with Crippen molar-refractivity contribution in [3.63, 3.8) is 0 Å². The van der Waals surface area contributed by atoms with E-state index in [4.69, 9.17) is 5.73 Å². The molecule has 2 unspecified atom stereocenters. The van der Waals surface area contributed by atoms with Crippen LogP contribution in [-0.4, -0.2) is 30.7 Å². The van der Waals surface area contributed by atoms with Crippen LogP contribution in [-0.2, 0) is 26.6 Å². The second kappa shape index (κ2) is 6.31. The smallest absolute Gasteiger partial charge is 0.216 e. The van der Waals surface area contributed by atoms with E-state index in [1.165, 1.54) is 0 Å². The van der Waals surface area contributed by atoms with E-state index in [0.717, 1.165) is 0 Å². The maximum Gasteiger partial charge on any atom is 0.216 e. The molecule has 1 aromatic rings. The van der Waals surface area contributed by atoms with Crippen LogP contribution >= 0.6 is 0 Å². The van der Waals surface area contributed by atoms with E-state index in [0.29, 0.717) is 17.0 Å². The molecule has 0 fully saturated rings. The van der Waals surface area contributed by atoms with Gasteiger partial charge in [0.1, 0.15) is 0 Å². The van der Waals surface area contributed by atoms with Gasteiger partial charge in [0, 0.05) is 34.5 Å². The number of anilines is 1. The Morgan fingerprint density at radius 1 is 1.44 bits per heavy atom. The van der Waals surface area contributed by atoms with Crippen LogP contribution in [0, 0.1) is 0 Å². The lowest BCUT2D eigenvalue weighted by Gasteiger charge is -2.13. The minimum atomic E-state index is -3.44. The van der Waals surface area contributed by atoms with Crippen molar-refractivity contribution in [3.05, 3.63) is 29.8 Å². The number of hydrogen-bond donors (Lipinski definition) is 2. The molecule has 18 heavy (non-hydrogen) atoms. The van der Waals surface area contributed by atoms with E-state index in [2.05, 4.69) is 4.72 Å². The Hall–Kier alpha value is -0.920. The summed E-state index contributed by atoms with van der Waals surface area (Å²) >= 11 is 0. The molecule has 0 radical (unpaired) electrons. The monoisotopic (exact) mass is 290 g/mol. The molecule has 1 aromatic carbocycles. The predicted molar refractivity (Wildman–Crippen MR) is 75.0 cm³/mol. The quantitative estimate of drug-likeness (QED) is 0.745. The average Bonchev–Trinajstić information content (AvgIpc) is 2.13. The van der Waals surface area contributed by atoms with Crippen molar-refractivity contribution >= 4 is 26.5 Å². The molecule has 102 valence electrons. The van der Waals surface area contributed by atoms with Gasteiger partial charge in [-0.15, -0.1) is 0 Å². The molecule has 3 N–H and O–H groups in total. The Morgan fingerprint density at radius 3 is 2.67 bits per heavy atom. The molecule has 1 rings (SSSR count). The minimum absolute atomic E-state index is 0.126. The summed E-state index contributed by atoms with van der Waals surface area (Å²) in [5, 5.41) is 0. The minimum Gasteiger partial charge on any atom is -0.399 e. The molecule has 0 bridgehead atoms. The lowest BCUT2D eigenvalue weighted by molar-refractivity contribution is 0.569. The first-order valence-electron chi connectivity index (χ1n) is 5.43. The van der Waals surface area contributed by atoms with Crippen molar-refractivity contribution in [1.29, 1.82) is 0 Å². The van der Waals surface area contributed by atoms with Gasteiger partial charge >= 0.3 is 0 Å². The molecule has 7 heteroatoms. The SMILES string of the molecule is CC(CS(C)=O)NS(=O)(=O)Cc1cccc(N)c1. The van der Waals surface area contributed by atoms with Crippen molar-refractivity contribution in [2.45, 2.75) is 18.7 Å². The van der Waals surface area contributed by atoms with Gasteiger partial charge in [-0.25, -0.2) is 13.1 Å². The molecule has 2 atom stereocenters. The second-order valence-electron chi connectivity index (χ2n) is 4.26. The lowest BCUT2D eigenvalue weighted by Crippen LogP contribution is -2.36. The molecular weight excluding hydrogens is 272 g/mol. The number of hydrogen-bond acceptors (Lipinski definition) is 4. The summed E-state index contributed by atoms with van der Waals surface area (Å²) in [6.45, 7) is 1.69. The number of rotatable bonds is 6. The van der Waals surface area contributed by atoms with Crippen LogP contribution in [0.4, 0.5) is 5.69 Å². The fourth-order valence-electron chi connectivity index (χ4n) is 1.64. The maximum atomic E-state index is 11.9. The van der Waals surface area contributed by atoms with Gasteiger partial charge in [0.05, 0.1) is 5.75 Å². The van der Waals surface area contributed by atoms with Gasteiger partial charge in [-0.1, -0.05) is 12.1 Å². The number of nitrogen functional groups attached to an aromatic ring is 1. The number of nitrogens with one attached hydrogen (secondary N) is 1. The van der Waals surface area contributed by atoms with Crippen LogP contribution in [0.5, 0.6) is 0 Å². The zero-order chi connectivity index (χ0) is 13.8. The summed E-state index contributed by atoms with van der Waals surface area (Å²) in [7, 11) is -4.46. The normalized spacial score (nSPS) is 15.2. The fraction of sp³-hybridized carbons (Fsp3) is 0.455. The topological polar surface area (TPSA) is 89.3 Å². The Bertz CT molecular complexity index is 529. The zero-order valence-corrected chi connectivity index (χ0v) is 12.1. The van der Waals surface area contributed by atoms with E-state index in [1.807, 2.05) is 0 Å². The van der Waals surface area contributed by atoms with E-state index in [-0.39, 0.29) is 11.8 Å². The molecule has 0 aromatic heterocycles. The summed E-state index contributed by atoms with van der Waals surface area (Å²) in [4.78, 5) is 0. The lowest BCUT2D eigenvalue weighted by atomic mass is 10.2. The highest BCUT2D eigenvalue weighted by Gasteiger charge is 2.16. The first-order valence-corrected chi connectivity index (χ1v) is 8.81. The Kier molecular flexibility index (Phi) is 5.30. The standard InChI is InChI=1S/C11H18N2O3S2/c1-9(7-17(2)14)13-18(15,16)8-10-4-3-5-11(12)6-10/h3-6,9,13H,7-8,12H2,1-2H3. The Labute approximate surface area is 110 Å². The summed E-state index contributed by atoms with van der Waals surface area (Å²) in [6.07, 6.45) is 1.54. The maximum absolute atomic E-state index is 11.9. The van der Waals surface area contributed by atoms with Gasteiger partial charge in [0.15, 0.2) is 0 Å². The number of sulfonamides is 1. The number of benzene rings is 1. The molecule has 0 aliphatic rings. The van der Waals surface area contributed by atoms with Crippen molar-refractivity contribution in [2.24, 2.45) is 0 Å². The highest BCUT2D eigenvalue weighted by Crippen LogP contribution is 2.10. The molecule has 0 aliphatic carbocycles. The Balaban J connectivity index is 2.68. The van der Waals surface area contributed by atoms with Gasteiger partial charge in [-0.3, -0.25) is 4.21 Å². The summed E-state index contributed by atoms with van der Waals surface area (Å²) in [6, 6.07) is 6.40. The molecule has 0 heterocycles. The third-order valence-electron chi connectivity index (χ3n) is 2.17. The second-order valence-corrected chi connectivity index (χ2v) is 7.50. The van der Waals surface area contributed by atoms with Crippen LogP contribution in [0.2, 0.25) is 0 Å². The molecule has 0 saturated carbocycles. The molecule has 0 saturated heterocycles. The van der Waals surface area contributed by atoms with Crippen LogP contribution in [0.3, 0.4) is 0 Å². The van der Waals surface area contributed by atoms with E-state index < -0.39 is 20.8 Å². The summed E-state index contributed by atoms with van der Waals surface area (Å²) < 4.78 is 37.2. The molecule has 0 amide bonds. The molecule has 0 aliphatic heterocycles. The zero-order valence-electron chi connectivity index (χ0n) is 10.4. The molecule has 0 spiro atoms. The number of nitrogens with two attached hydrogens (primary N) is 1. The van der Waals surface area contributed by atoms with E-state index in [1.54, 1.807) is 37.4 Å². The van der Waals surface area contributed by atoms with Gasteiger partial charge < -0.3 is 5.73 Å². The third-order valence-corrected chi connectivity index (χ3v) is 4.62. The molecular formula is C11H18N2O3S2. The molecule has 5 nitrogen and oxygen atoms in total. The highest BCUT2D eigenvalue weighted by molar-refractivity contribution is 7.88. The summed E-state index contributed by atoms with van der Waals surface area (Å²) in [5.74, 6) is 0.175. The van der Waals surface area contributed by atoms with Crippen LogP contribution in [0.25, 0.3) is 0 Å². The van der Waals surface area contributed by atoms with Crippen molar-refractivity contribution in [1.82, 2.24) is 4.72 Å².